The second-order valence-electron chi connectivity index (χ2n) is 8.04. The van der Waals surface area contributed by atoms with Gasteiger partial charge in [0.2, 0.25) is 0 Å². The Balaban J connectivity index is 0.00000108. The van der Waals surface area contributed by atoms with Crippen LogP contribution in [0, 0.1) is 6.08 Å². The van der Waals surface area contributed by atoms with Gasteiger partial charge in [0.25, 0.3) is 0 Å². The van der Waals surface area contributed by atoms with E-state index in [0.29, 0.717) is 0 Å². The molecule has 0 atom stereocenters. The third kappa shape index (κ3) is 4.58. The van der Waals surface area contributed by atoms with Gasteiger partial charge in [-0.15, -0.1) is 11.6 Å². The Morgan fingerprint density at radius 1 is 0.529 bits per heavy atom. The molecule has 4 aromatic carbocycles. The third-order valence-electron chi connectivity index (χ3n) is 6.25. The normalized spacial score (nSPS) is 13.1. The van der Waals surface area contributed by atoms with Gasteiger partial charge in [-0.3, -0.25) is 0 Å². The molecule has 0 heterocycles. The van der Waals surface area contributed by atoms with Crippen LogP contribution in [0.1, 0.15) is 28.2 Å². The van der Waals surface area contributed by atoms with Gasteiger partial charge in [-0.25, -0.2) is 0 Å². The first-order valence-corrected chi connectivity index (χ1v) is 10.8. The molecule has 34 heavy (non-hydrogen) atoms. The first-order chi connectivity index (χ1) is 15.4. The fourth-order valence-corrected chi connectivity index (χ4v) is 4.90. The van der Waals surface area contributed by atoms with E-state index in [1.54, 1.807) is 0 Å². The van der Waals surface area contributed by atoms with Crippen molar-refractivity contribution in [3.63, 3.8) is 0 Å². The fraction of sp³-hybridized carbons (Fsp3) is 0.0323. The Morgan fingerprint density at radius 3 is 1.47 bits per heavy atom. The monoisotopic (exact) mass is 553 g/mol. The van der Waals surface area contributed by atoms with E-state index in [1.165, 1.54) is 44.5 Å². The molecule has 2 aliphatic carbocycles. The van der Waals surface area contributed by atoms with Gasteiger partial charge >= 0.3 is 26.2 Å². The molecule has 163 valence electrons. The summed E-state index contributed by atoms with van der Waals surface area (Å²) in [6.07, 6.45) is 8.28. The summed E-state index contributed by atoms with van der Waals surface area (Å²) < 4.78 is 0. The first-order valence-electron chi connectivity index (χ1n) is 10.8. The molecule has 0 amide bonds. The van der Waals surface area contributed by atoms with Crippen molar-refractivity contribution in [2.45, 2.75) is 5.92 Å². The second kappa shape index (κ2) is 11.3. The number of hydrogen-bond donors (Lipinski definition) is 0. The average molecular weight is 556 g/mol. The van der Waals surface area contributed by atoms with E-state index in [1.807, 2.05) is 0 Å². The Hall–Kier alpha value is -2.44. The Morgan fingerprint density at radius 2 is 0.971 bits per heavy atom. The van der Waals surface area contributed by atoms with E-state index in [0.717, 1.165) is 5.57 Å². The molecular formula is C31H21Cl2Zr. The van der Waals surface area contributed by atoms with Crippen LogP contribution in [-0.4, -0.2) is 0 Å². The molecule has 4 aromatic rings. The van der Waals surface area contributed by atoms with Crippen molar-refractivity contribution >= 4 is 5.57 Å². The fourth-order valence-electron chi connectivity index (χ4n) is 4.90. The zero-order chi connectivity index (χ0) is 20.6. The number of allylic oxidation sites excluding steroid dienone is 5. The number of benzene rings is 4. The zero-order valence-corrected chi connectivity index (χ0v) is 22.4. The molecule has 0 aliphatic heterocycles. The molecule has 0 fully saturated rings. The second-order valence-corrected chi connectivity index (χ2v) is 8.04. The standard InChI is InChI=1S/C31H21.2ClH.Zr/c1-3-11-22(12-4-1)30(23-13-5-2-6-14-23)24-19-20-25(21-24)31-28-17-9-7-15-26(28)27-16-8-10-18-29(27)31;;;/h1-20,31H;2*1H;/q-1;;;+3/p-2. The molecule has 0 spiro atoms. The smallest absolute Gasteiger partial charge is 1.00 e. The van der Waals surface area contributed by atoms with Crippen LogP contribution in [-0.2, 0) is 26.2 Å². The molecule has 0 N–H and O–H groups in total. The van der Waals surface area contributed by atoms with Gasteiger partial charge in [0.05, 0.1) is 0 Å². The zero-order valence-electron chi connectivity index (χ0n) is 18.4. The van der Waals surface area contributed by atoms with Crippen molar-refractivity contribution < 1.29 is 51.0 Å². The van der Waals surface area contributed by atoms with Crippen molar-refractivity contribution in [3.05, 3.63) is 161 Å². The minimum atomic E-state index is 0. The summed E-state index contributed by atoms with van der Waals surface area (Å²) in [5.74, 6) is 0.231. The average Bonchev–Trinajstić information content (AvgIpc) is 3.43. The summed E-state index contributed by atoms with van der Waals surface area (Å²) in [6.45, 7) is 0. The summed E-state index contributed by atoms with van der Waals surface area (Å²) in [5.41, 5.74) is 11.5. The van der Waals surface area contributed by atoms with Crippen LogP contribution >= 0.6 is 0 Å². The van der Waals surface area contributed by atoms with Gasteiger partial charge in [-0.2, -0.15) is 17.7 Å². The summed E-state index contributed by atoms with van der Waals surface area (Å²) in [6, 6.07) is 38.8. The number of rotatable bonds is 3. The largest absolute Gasteiger partial charge is 3.00 e. The molecule has 0 bridgehead atoms. The first kappa shape index (κ1) is 26.2. The molecule has 0 saturated carbocycles. The van der Waals surface area contributed by atoms with Gasteiger partial charge in [0, 0.05) is 5.92 Å². The van der Waals surface area contributed by atoms with E-state index < -0.39 is 0 Å². The van der Waals surface area contributed by atoms with Gasteiger partial charge in [-0.05, 0) is 22.3 Å². The van der Waals surface area contributed by atoms with Crippen LogP contribution < -0.4 is 24.8 Å². The number of hydrogen-bond acceptors (Lipinski definition) is 0. The molecule has 0 unspecified atom stereocenters. The molecular weight excluding hydrogens is 534 g/mol. The molecule has 0 aromatic heterocycles. The van der Waals surface area contributed by atoms with Crippen LogP contribution in [0.15, 0.2) is 132 Å². The molecule has 3 heteroatoms. The third-order valence-corrected chi connectivity index (χ3v) is 6.25. The topological polar surface area (TPSA) is 0 Å². The maximum atomic E-state index is 3.80. The maximum Gasteiger partial charge on any atom is 3.00 e. The van der Waals surface area contributed by atoms with E-state index in [9.17, 15) is 0 Å². The van der Waals surface area contributed by atoms with E-state index in [2.05, 4.69) is 127 Å². The Bertz CT molecular complexity index is 1280. The van der Waals surface area contributed by atoms with Gasteiger partial charge in [0.15, 0.2) is 0 Å². The van der Waals surface area contributed by atoms with Crippen LogP contribution in [0.3, 0.4) is 0 Å². The van der Waals surface area contributed by atoms with Crippen LogP contribution in [0.5, 0.6) is 0 Å². The summed E-state index contributed by atoms with van der Waals surface area (Å²) in [5, 5.41) is 0. The molecule has 0 nitrogen and oxygen atoms in total. The molecule has 1 radical (unpaired) electrons. The summed E-state index contributed by atoms with van der Waals surface area (Å²) >= 11 is 0. The van der Waals surface area contributed by atoms with Gasteiger partial charge in [0.1, 0.15) is 0 Å². The van der Waals surface area contributed by atoms with Gasteiger partial charge < -0.3 is 24.8 Å². The van der Waals surface area contributed by atoms with E-state index in [-0.39, 0.29) is 56.9 Å². The number of halogens is 2. The van der Waals surface area contributed by atoms with E-state index in [4.69, 9.17) is 0 Å². The van der Waals surface area contributed by atoms with Crippen molar-refractivity contribution in [2.75, 3.05) is 0 Å². The van der Waals surface area contributed by atoms with Crippen LogP contribution in [0.25, 0.3) is 16.7 Å². The number of fused-ring (bicyclic) bond motifs is 3. The molecule has 2 aliphatic rings. The van der Waals surface area contributed by atoms with Crippen LogP contribution in [0.4, 0.5) is 0 Å². The summed E-state index contributed by atoms with van der Waals surface area (Å²) in [7, 11) is 0. The van der Waals surface area contributed by atoms with E-state index >= 15 is 0 Å². The molecule has 0 saturated heterocycles. The van der Waals surface area contributed by atoms with Crippen molar-refractivity contribution in [1.29, 1.82) is 0 Å². The minimum absolute atomic E-state index is 0. The predicted molar refractivity (Wildman–Crippen MR) is 129 cm³/mol. The quantitative estimate of drug-likeness (QED) is 0.337. The maximum absolute atomic E-state index is 3.80. The summed E-state index contributed by atoms with van der Waals surface area (Å²) in [4.78, 5) is 0. The van der Waals surface area contributed by atoms with Crippen molar-refractivity contribution in [1.82, 2.24) is 0 Å². The van der Waals surface area contributed by atoms with Crippen molar-refractivity contribution in [2.24, 2.45) is 0 Å². The van der Waals surface area contributed by atoms with Crippen molar-refractivity contribution in [3.8, 4) is 11.1 Å². The Kier molecular flexibility index (Phi) is 8.72. The molecule has 6 rings (SSSR count). The minimum Gasteiger partial charge on any atom is -1.00 e. The van der Waals surface area contributed by atoms with Crippen LogP contribution in [0.2, 0.25) is 0 Å². The van der Waals surface area contributed by atoms with Gasteiger partial charge in [-0.1, -0.05) is 126 Å². The predicted octanol–water partition coefficient (Wildman–Crippen LogP) is 1.61. The SMILES string of the molecule is [C-]1=C(C2c3ccccc3-c3ccccc32)C=CC1=C(c1ccccc1)c1ccccc1.[Cl-].[Cl-].[Zr+3]. The Labute approximate surface area is 233 Å².